The molecule has 0 radical (unpaired) electrons. The number of thioether (sulfide) groups is 1. The zero-order chi connectivity index (χ0) is 10.5. The number of halogens is 1. The lowest BCUT2D eigenvalue weighted by Crippen LogP contribution is -1.88. The number of hydrogen-bond acceptors (Lipinski definition) is 5. The van der Waals surface area contributed by atoms with Crippen molar-refractivity contribution < 1.29 is 0 Å². The van der Waals surface area contributed by atoms with Crippen LogP contribution in [0, 0.1) is 6.92 Å². The molecule has 0 aliphatic rings. The van der Waals surface area contributed by atoms with E-state index in [4.69, 9.17) is 0 Å². The van der Waals surface area contributed by atoms with E-state index in [1.54, 1.807) is 29.3 Å². The molecule has 88 valence electrons. The minimum Gasteiger partial charge on any atom is -0.247 e. The summed E-state index contributed by atoms with van der Waals surface area (Å²) in [5, 5.41) is 14.6. The molecule has 2 aromatic rings. The van der Waals surface area contributed by atoms with Gasteiger partial charge >= 0.3 is 0 Å². The van der Waals surface area contributed by atoms with Crippen molar-refractivity contribution in [3.8, 4) is 0 Å². The molecular formula is C9H13ClN4S2. The zero-order valence-electron chi connectivity index (χ0n) is 8.84. The van der Waals surface area contributed by atoms with Crippen molar-refractivity contribution in [2.45, 2.75) is 24.8 Å². The first kappa shape index (κ1) is 13.5. The van der Waals surface area contributed by atoms with Gasteiger partial charge < -0.3 is 0 Å². The summed E-state index contributed by atoms with van der Waals surface area (Å²) < 4.78 is 0. The number of aryl methyl sites for hydroxylation is 2. The van der Waals surface area contributed by atoms with E-state index in [1.165, 1.54) is 5.69 Å². The molecule has 0 aliphatic heterocycles. The highest BCUT2D eigenvalue weighted by Crippen LogP contribution is 2.16. The second kappa shape index (κ2) is 6.88. The number of nitrogens with zero attached hydrogens (tertiary/aromatic N) is 3. The summed E-state index contributed by atoms with van der Waals surface area (Å²) in [7, 11) is 0. The highest BCUT2D eigenvalue weighted by atomic mass is 35.5. The molecule has 0 saturated carbocycles. The van der Waals surface area contributed by atoms with Crippen molar-refractivity contribution in [1.82, 2.24) is 20.4 Å². The Balaban J connectivity index is 0.00000128. The summed E-state index contributed by atoms with van der Waals surface area (Å²) in [5.74, 6) is 1.06. The average Bonchev–Trinajstić information content (AvgIpc) is 2.84. The van der Waals surface area contributed by atoms with Crippen molar-refractivity contribution in [3.05, 3.63) is 22.3 Å². The van der Waals surface area contributed by atoms with E-state index >= 15 is 0 Å². The molecular weight excluding hydrogens is 264 g/mol. The van der Waals surface area contributed by atoms with Gasteiger partial charge in [-0.1, -0.05) is 0 Å². The van der Waals surface area contributed by atoms with Crippen LogP contribution in [-0.4, -0.2) is 26.1 Å². The maximum Gasteiger partial charge on any atom is 0.138 e. The van der Waals surface area contributed by atoms with E-state index < -0.39 is 0 Å². The van der Waals surface area contributed by atoms with E-state index in [9.17, 15) is 0 Å². The highest BCUT2D eigenvalue weighted by Gasteiger charge is 2.00. The smallest absolute Gasteiger partial charge is 0.138 e. The van der Waals surface area contributed by atoms with Crippen LogP contribution >= 0.6 is 35.5 Å². The van der Waals surface area contributed by atoms with Crippen LogP contribution in [0.4, 0.5) is 0 Å². The van der Waals surface area contributed by atoms with Crippen LogP contribution in [0.2, 0.25) is 0 Å². The van der Waals surface area contributed by atoms with Crippen LogP contribution < -0.4 is 0 Å². The highest BCUT2D eigenvalue weighted by molar-refractivity contribution is 7.99. The lowest BCUT2D eigenvalue weighted by atomic mass is 10.3. The molecule has 0 spiro atoms. The van der Waals surface area contributed by atoms with Gasteiger partial charge in [0.1, 0.15) is 5.03 Å². The molecule has 2 heterocycles. The van der Waals surface area contributed by atoms with Gasteiger partial charge in [0.15, 0.2) is 0 Å². The maximum absolute atomic E-state index is 4.42. The molecule has 0 aromatic carbocycles. The fraction of sp³-hybridized carbons (Fsp3) is 0.444. The molecule has 4 nitrogen and oxygen atoms in total. The first-order chi connectivity index (χ1) is 7.34. The Labute approximate surface area is 109 Å². The number of nitrogens with one attached hydrogen (secondary N) is 1. The lowest BCUT2D eigenvalue weighted by Gasteiger charge is -1.95. The summed E-state index contributed by atoms with van der Waals surface area (Å²) in [4.78, 5) is 4.42. The predicted molar refractivity (Wildman–Crippen MR) is 69.5 cm³/mol. The normalized spacial score (nSPS) is 10.1. The lowest BCUT2D eigenvalue weighted by molar-refractivity contribution is 0.890. The van der Waals surface area contributed by atoms with Crippen LogP contribution in [0.3, 0.4) is 0 Å². The Kier molecular flexibility index (Phi) is 5.79. The van der Waals surface area contributed by atoms with Crippen LogP contribution in [0.1, 0.15) is 17.1 Å². The number of aromatic amines is 1. The van der Waals surface area contributed by atoms with Gasteiger partial charge in [0.05, 0.1) is 16.9 Å². The molecule has 0 unspecified atom stereocenters. The molecule has 7 heteroatoms. The first-order valence-corrected chi connectivity index (χ1v) is 6.61. The largest absolute Gasteiger partial charge is 0.247 e. The van der Waals surface area contributed by atoms with Gasteiger partial charge in [-0.3, -0.25) is 0 Å². The van der Waals surface area contributed by atoms with Crippen LogP contribution in [-0.2, 0) is 6.42 Å². The fourth-order valence-corrected chi connectivity index (χ4v) is 2.59. The molecule has 2 rings (SSSR count). The van der Waals surface area contributed by atoms with Gasteiger partial charge in [0.25, 0.3) is 0 Å². The molecule has 0 aliphatic carbocycles. The van der Waals surface area contributed by atoms with Gasteiger partial charge in [0.2, 0.25) is 0 Å². The molecule has 0 saturated heterocycles. The molecule has 0 atom stereocenters. The summed E-state index contributed by atoms with van der Waals surface area (Å²) in [6, 6.07) is 0. The SMILES string of the molecule is Cc1nc(CCCSc2cn[nH]n2)cs1.Cl. The Bertz CT molecular complexity index is 401. The summed E-state index contributed by atoms with van der Waals surface area (Å²) >= 11 is 3.44. The van der Waals surface area contributed by atoms with E-state index in [0.29, 0.717) is 0 Å². The summed E-state index contributed by atoms with van der Waals surface area (Å²) in [6.07, 6.45) is 3.92. The fourth-order valence-electron chi connectivity index (χ4n) is 1.21. The van der Waals surface area contributed by atoms with Gasteiger partial charge in [-0.2, -0.15) is 10.3 Å². The minimum atomic E-state index is 0. The quantitative estimate of drug-likeness (QED) is 0.674. The molecule has 0 bridgehead atoms. The number of aromatic nitrogens is 4. The second-order valence-corrected chi connectivity index (χ2v) is 5.30. The number of thiazole rings is 1. The standard InChI is InChI=1S/C9H12N4S2.ClH/c1-7-11-8(6-15-7)3-2-4-14-9-5-10-13-12-9;/h5-6H,2-4H2,1H3,(H,10,12,13);1H. The third-order valence-electron chi connectivity index (χ3n) is 1.89. The monoisotopic (exact) mass is 276 g/mol. The minimum absolute atomic E-state index is 0. The molecule has 0 amide bonds. The zero-order valence-corrected chi connectivity index (χ0v) is 11.3. The van der Waals surface area contributed by atoms with E-state index in [1.807, 2.05) is 6.92 Å². The molecule has 0 fully saturated rings. The number of hydrogen-bond donors (Lipinski definition) is 1. The van der Waals surface area contributed by atoms with Gasteiger partial charge in [-0.25, -0.2) is 4.98 Å². The van der Waals surface area contributed by atoms with Crippen molar-refractivity contribution in [3.63, 3.8) is 0 Å². The number of H-pyrrole nitrogens is 1. The van der Waals surface area contributed by atoms with E-state index in [0.717, 1.165) is 28.6 Å². The Morgan fingerprint density at radius 2 is 2.38 bits per heavy atom. The van der Waals surface area contributed by atoms with Crippen molar-refractivity contribution in [2.75, 3.05) is 5.75 Å². The number of rotatable bonds is 5. The van der Waals surface area contributed by atoms with Crippen molar-refractivity contribution in [2.24, 2.45) is 0 Å². The Morgan fingerprint density at radius 3 is 3.00 bits per heavy atom. The summed E-state index contributed by atoms with van der Waals surface area (Å²) in [5.41, 5.74) is 1.21. The van der Waals surface area contributed by atoms with Crippen molar-refractivity contribution in [1.29, 1.82) is 0 Å². The van der Waals surface area contributed by atoms with Gasteiger partial charge in [-0.05, 0) is 25.5 Å². The third-order valence-corrected chi connectivity index (χ3v) is 3.69. The van der Waals surface area contributed by atoms with Crippen LogP contribution in [0.5, 0.6) is 0 Å². The van der Waals surface area contributed by atoms with Gasteiger partial charge in [0, 0.05) is 5.38 Å². The molecule has 1 N–H and O–H groups in total. The molecule has 2 aromatic heterocycles. The average molecular weight is 277 g/mol. The summed E-state index contributed by atoms with van der Waals surface area (Å²) in [6.45, 7) is 2.04. The van der Waals surface area contributed by atoms with Crippen LogP contribution in [0.15, 0.2) is 16.6 Å². The second-order valence-electron chi connectivity index (χ2n) is 3.12. The maximum atomic E-state index is 4.42. The first-order valence-electron chi connectivity index (χ1n) is 4.74. The Morgan fingerprint density at radius 1 is 1.50 bits per heavy atom. The van der Waals surface area contributed by atoms with E-state index in [-0.39, 0.29) is 12.4 Å². The molecule has 16 heavy (non-hydrogen) atoms. The topological polar surface area (TPSA) is 54.5 Å². The Hall–Kier alpha value is -0.590. The van der Waals surface area contributed by atoms with Gasteiger partial charge in [-0.15, -0.1) is 40.6 Å². The van der Waals surface area contributed by atoms with Crippen molar-refractivity contribution >= 4 is 35.5 Å². The predicted octanol–water partition coefficient (Wildman–Crippen LogP) is 2.72. The van der Waals surface area contributed by atoms with Crippen LogP contribution in [0.25, 0.3) is 0 Å². The third kappa shape index (κ3) is 4.11. The van der Waals surface area contributed by atoms with E-state index in [2.05, 4.69) is 25.8 Å².